The van der Waals surface area contributed by atoms with Crippen LogP contribution in [0.25, 0.3) is 0 Å². The molecule has 1 atom stereocenters. The predicted molar refractivity (Wildman–Crippen MR) is 98.2 cm³/mol. The van der Waals surface area contributed by atoms with Crippen LogP contribution >= 0.6 is 11.8 Å². The maximum absolute atomic E-state index is 12.3. The number of ether oxygens (including phenoxy) is 1. The minimum absolute atomic E-state index is 0.0415. The largest absolute Gasteiger partial charge is 0.497 e. The number of carbonyl (C=O) groups is 1. The fraction of sp³-hybridized carbons (Fsp3) is 0.222. The maximum atomic E-state index is 12.3. The van der Waals surface area contributed by atoms with E-state index in [9.17, 15) is 10.1 Å². The minimum atomic E-state index is -0.486. The molecular formula is C18H17N5O2S. The number of benzene rings is 1. The van der Waals surface area contributed by atoms with Crippen molar-refractivity contribution in [3.8, 4) is 17.9 Å². The van der Waals surface area contributed by atoms with Crippen LogP contribution in [-0.2, 0) is 11.3 Å². The van der Waals surface area contributed by atoms with Crippen molar-refractivity contribution in [2.45, 2.75) is 23.7 Å². The molecule has 0 radical (unpaired) electrons. The molecule has 0 saturated heterocycles. The third kappa shape index (κ3) is 4.65. The molecule has 0 spiro atoms. The van der Waals surface area contributed by atoms with Crippen LogP contribution in [0.2, 0.25) is 0 Å². The molecule has 0 fully saturated rings. The lowest BCUT2D eigenvalue weighted by Gasteiger charge is -2.13. The lowest BCUT2D eigenvalue weighted by atomic mass is 10.2. The van der Waals surface area contributed by atoms with E-state index >= 15 is 0 Å². The van der Waals surface area contributed by atoms with Gasteiger partial charge in [0.25, 0.3) is 0 Å². The minimum Gasteiger partial charge on any atom is -0.497 e. The summed E-state index contributed by atoms with van der Waals surface area (Å²) >= 11 is 1.12. The summed E-state index contributed by atoms with van der Waals surface area (Å²) in [6.45, 7) is 2.09. The van der Waals surface area contributed by atoms with E-state index in [1.165, 1.54) is 6.07 Å². The summed E-state index contributed by atoms with van der Waals surface area (Å²) in [5.74, 6) is 0.594. The number of carbonyl (C=O) groups excluding carboxylic acids is 1. The number of amides is 1. The van der Waals surface area contributed by atoms with E-state index < -0.39 is 5.25 Å². The van der Waals surface area contributed by atoms with Gasteiger partial charge in [0, 0.05) is 6.54 Å². The first-order valence-electron chi connectivity index (χ1n) is 7.66. The molecule has 0 bridgehead atoms. The highest BCUT2D eigenvalue weighted by Crippen LogP contribution is 2.27. The number of methoxy groups -OCH3 is 1. The molecule has 132 valence electrons. The Morgan fingerprint density at radius 3 is 2.54 bits per heavy atom. The Kier molecular flexibility index (Phi) is 6.42. The second kappa shape index (κ2) is 8.75. The smallest absolute Gasteiger partial charge is 0.233 e. The first kappa shape index (κ1) is 19.1. The molecule has 7 nitrogen and oxygen atoms in total. The van der Waals surface area contributed by atoms with E-state index in [2.05, 4.69) is 10.3 Å². The van der Waals surface area contributed by atoms with Crippen molar-refractivity contribution in [3.05, 3.63) is 47.0 Å². The van der Waals surface area contributed by atoms with Crippen molar-refractivity contribution in [2.75, 3.05) is 12.8 Å². The molecule has 0 saturated carbocycles. The standard InChI is InChI=1S/C18H17N5O2S/c1-11(17(24)22-10-12-3-5-15(25-2)6-4-12)26-18-14(9-20)7-13(8-19)16(21)23-18/h3-7,11H,10H2,1-2H3,(H2,21,23)(H,22,24)/t11-/m1/s1. The first-order valence-corrected chi connectivity index (χ1v) is 8.54. The summed E-state index contributed by atoms with van der Waals surface area (Å²) in [5.41, 5.74) is 7.00. The lowest BCUT2D eigenvalue weighted by molar-refractivity contribution is -0.120. The molecule has 3 N–H and O–H groups in total. The van der Waals surface area contributed by atoms with Gasteiger partial charge in [-0.25, -0.2) is 4.98 Å². The average molecular weight is 367 g/mol. The molecule has 1 amide bonds. The second-order valence-corrected chi connectivity index (χ2v) is 6.65. The second-order valence-electron chi connectivity index (χ2n) is 5.32. The zero-order valence-corrected chi connectivity index (χ0v) is 15.1. The van der Waals surface area contributed by atoms with Gasteiger partial charge in [0.05, 0.1) is 23.5 Å². The van der Waals surface area contributed by atoms with Crippen molar-refractivity contribution >= 4 is 23.5 Å². The number of nitrogen functional groups attached to an aromatic ring is 1. The van der Waals surface area contributed by atoms with Gasteiger partial charge in [0.1, 0.15) is 28.7 Å². The highest BCUT2D eigenvalue weighted by Gasteiger charge is 2.18. The van der Waals surface area contributed by atoms with Crippen molar-refractivity contribution in [2.24, 2.45) is 0 Å². The van der Waals surface area contributed by atoms with Gasteiger partial charge in [-0.1, -0.05) is 23.9 Å². The number of hydrogen-bond donors (Lipinski definition) is 2. The summed E-state index contributed by atoms with van der Waals surface area (Å²) in [6, 6.07) is 12.6. The van der Waals surface area contributed by atoms with E-state index in [0.717, 1.165) is 23.1 Å². The zero-order chi connectivity index (χ0) is 19.1. The maximum Gasteiger partial charge on any atom is 0.233 e. The number of pyridine rings is 1. The molecule has 1 aromatic carbocycles. The number of aromatic nitrogens is 1. The molecular weight excluding hydrogens is 350 g/mol. The van der Waals surface area contributed by atoms with Crippen molar-refractivity contribution < 1.29 is 9.53 Å². The lowest BCUT2D eigenvalue weighted by Crippen LogP contribution is -2.30. The molecule has 2 rings (SSSR count). The number of hydrogen-bond acceptors (Lipinski definition) is 7. The molecule has 1 aromatic heterocycles. The van der Waals surface area contributed by atoms with Crippen LogP contribution in [0.3, 0.4) is 0 Å². The number of thioether (sulfide) groups is 1. The highest BCUT2D eigenvalue weighted by molar-refractivity contribution is 8.00. The molecule has 1 heterocycles. The summed E-state index contributed by atoms with van der Waals surface area (Å²) < 4.78 is 5.09. The van der Waals surface area contributed by atoms with Crippen molar-refractivity contribution in [3.63, 3.8) is 0 Å². The molecule has 0 aliphatic carbocycles. The van der Waals surface area contributed by atoms with Crippen LogP contribution in [-0.4, -0.2) is 23.3 Å². The first-order chi connectivity index (χ1) is 12.5. The van der Waals surface area contributed by atoms with Gasteiger partial charge in [-0.15, -0.1) is 0 Å². The molecule has 0 aliphatic heterocycles. The fourth-order valence-corrected chi connectivity index (χ4v) is 2.97. The fourth-order valence-electron chi connectivity index (χ4n) is 2.07. The van der Waals surface area contributed by atoms with Gasteiger partial charge in [0.2, 0.25) is 5.91 Å². The summed E-state index contributed by atoms with van der Waals surface area (Å²) in [6.07, 6.45) is 0. The van der Waals surface area contributed by atoms with Crippen LogP contribution in [0.15, 0.2) is 35.4 Å². The van der Waals surface area contributed by atoms with E-state index in [1.807, 2.05) is 36.4 Å². The van der Waals surface area contributed by atoms with Gasteiger partial charge < -0.3 is 15.8 Å². The SMILES string of the molecule is COc1ccc(CNC(=O)[C@@H](C)Sc2nc(N)c(C#N)cc2C#N)cc1. The average Bonchev–Trinajstić information content (AvgIpc) is 2.66. The Balaban J connectivity index is 2.01. The van der Waals surface area contributed by atoms with Gasteiger partial charge in [-0.3, -0.25) is 4.79 Å². The van der Waals surface area contributed by atoms with Gasteiger partial charge in [-0.2, -0.15) is 10.5 Å². The Labute approximate surface area is 155 Å². The number of anilines is 1. The monoisotopic (exact) mass is 367 g/mol. The number of rotatable bonds is 6. The third-order valence-electron chi connectivity index (χ3n) is 3.54. The third-order valence-corrected chi connectivity index (χ3v) is 4.64. The Bertz CT molecular complexity index is 884. The van der Waals surface area contributed by atoms with Crippen molar-refractivity contribution in [1.29, 1.82) is 10.5 Å². The summed E-state index contributed by atoms with van der Waals surface area (Å²) in [7, 11) is 1.59. The van der Waals surface area contributed by atoms with Gasteiger partial charge in [-0.05, 0) is 30.7 Å². The van der Waals surface area contributed by atoms with Crippen LogP contribution in [0.1, 0.15) is 23.6 Å². The van der Waals surface area contributed by atoms with Crippen molar-refractivity contribution in [1.82, 2.24) is 10.3 Å². The Morgan fingerprint density at radius 2 is 1.96 bits per heavy atom. The molecule has 8 heteroatoms. The molecule has 26 heavy (non-hydrogen) atoms. The summed E-state index contributed by atoms with van der Waals surface area (Å²) in [4.78, 5) is 16.4. The molecule has 2 aromatic rings. The number of nitrogens with zero attached hydrogens (tertiary/aromatic N) is 3. The zero-order valence-electron chi connectivity index (χ0n) is 14.3. The Hall–Kier alpha value is -3.23. The van der Waals surface area contributed by atoms with Crippen LogP contribution in [0.4, 0.5) is 5.82 Å². The quantitative estimate of drug-likeness (QED) is 0.750. The molecule has 0 aliphatic rings. The van der Waals surface area contributed by atoms with Crippen LogP contribution in [0, 0.1) is 22.7 Å². The van der Waals surface area contributed by atoms with Gasteiger partial charge >= 0.3 is 0 Å². The van der Waals surface area contributed by atoms with Crippen LogP contribution < -0.4 is 15.8 Å². The number of nitriles is 2. The Morgan fingerprint density at radius 1 is 1.31 bits per heavy atom. The van der Waals surface area contributed by atoms with E-state index in [-0.39, 0.29) is 22.9 Å². The number of nitrogens with two attached hydrogens (primary N) is 1. The van der Waals surface area contributed by atoms with Gasteiger partial charge in [0.15, 0.2) is 0 Å². The normalized spacial score (nSPS) is 11.1. The molecule has 0 unspecified atom stereocenters. The topological polar surface area (TPSA) is 125 Å². The predicted octanol–water partition coefficient (Wildman–Crippen LogP) is 2.21. The summed E-state index contributed by atoms with van der Waals surface area (Å²) in [5, 5.41) is 20.8. The van der Waals surface area contributed by atoms with E-state index in [1.54, 1.807) is 14.0 Å². The number of nitrogens with one attached hydrogen (secondary N) is 1. The highest BCUT2D eigenvalue weighted by atomic mass is 32.2. The van der Waals surface area contributed by atoms with Crippen LogP contribution in [0.5, 0.6) is 5.75 Å². The van der Waals surface area contributed by atoms with E-state index in [0.29, 0.717) is 11.6 Å². The van der Waals surface area contributed by atoms with E-state index in [4.69, 9.17) is 15.7 Å².